The van der Waals surface area contributed by atoms with Crippen LogP contribution in [0.4, 0.5) is 0 Å². The number of esters is 1. The summed E-state index contributed by atoms with van der Waals surface area (Å²) in [4.78, 5) is 24.1. The number of methoxy groups -OCH3 is 1. The van der Waals surface area contributed by atoms with Crippen molar-refractivity contribution in [2.24, 2.45) is 0 Å². The van der Waals surface area contributed by atoms with Crippen molar-refractivity contribution in [2.75, 3.05) is 7.11 Å². The fourth-order valence-electron chi connectivity index (χ4n) is 2.74. The molecule has 1 aromatic carbocycles. The highest BCUT2D eigenvalue weighted by molar-refractivity contribution is 5.96. The summed E-state index contributed by atoms with van der Waals surface area (Å²) in [5, 5.41) is 2.85. The molecule has 1 aromatic rings. The Morgan fingerprint density at radius 1 is 1.14 bits per heavy atom. The first-order chi connectivity index (χ1) is 10.2. The normalized spacial score (nSPS) is 17.4. The number of hydrogen-bond donors (Lipinski definition) is 1. The molecule has 0 heterocycles. The van der Waals surface area contributed by atoms with E-state index in [0.717, 1.165) is 24.8 Å². The number of amides is 1. The lowest BCUT2D eigenvalue weighted by atomic mass is 9.81. The third-order valence-electron chi connectivity index (χ3n) is 3.87. The van der Waals surface area contributed by atoms with E-state index < -0.39 is 5.54 Å². The van der Waals surface area contributed by atoms with Gasteiger partial charge >= 0.3 is 5.97 Å². The van der Waals surface area contributed by atoms with Gasteiger partial charge in [0.05, 0.1) is 7.11 Å². The quantitative estimate of drug-likeness (QED) is 0.684. The second kappa shape index (κ2) is 7.07. The van der Waals surface area contributed by atoms with Gasteiger partial charge < -0.3 is 10.1 Å². The average Bonchev–Trinajstić information content (AvgIpc) is 2.54. The van der Waals surface area contributed by atoms with Crippen molar-refractivity contribution in [1.29, 1.82) is 0 Å². The van der Waals surface area contributed by atoms with E-state index >= 15 is 0 Å². The molecular formula is C17H21NO3. The number of carbonyl (C=O) groups excluding carboxylic acids is 2. The Kier molecular flexibility index (Phi) is 5.14. The second-order valence-electron chi connectivity index (χ2n) is 5.37. The molecule has 4 nitrogen and oxygen atoms in total. The summed E-state index contributed by atoms with van der Waals surface area (Å²) in [5.41, 5.74) is 0.0916. The number of carbonyl (C=O) groups is 2. The van der Waals surface area contributed by atoms with Crippen LogP contribution in [0, 0.1) is 0 Å². The molecule has 1 N–H and O–H groups in total. The molecule has 21 heavy (non-hydrogen) atoms. The number of rotatable bonds is 4. The zero-order chi connectivity index (χ0) is 15.1. The lowest BCUT2D eigenvalue weighted by Crippen LogP contribution is -2.55. The first-order valence-electron chi connectivity index (χ1n) is 7.30. The van der Waals surface area contributed by atoms with Gasteiger partial charge in [0.25, 0.3) is 0 Å². The molecule has 1 fully saturated rings. The summed E-state index contributed by atoms with van der Waals surface area (Å²) in [7, 11) is 1.37. The van der Waals surface area contributed by atoms with Crippen LogP contribution in [0.3, 0.4) is 0 Å². The van der Waals surface area contributed by atoms with Crippen molar-refractivity contribution < 1.29 is 14.3 Å². The maximum absolute atomic E-state index is 12.1. The summed E-state index contributed by atoms with van der Waals surface area (Å²) in [5.74, 6) is -0.602. The van der Waals surface area contributed by atoms with Gasteiger partial charge in [0.15, 0.2) is 0 Å². The van der Waals surface area contributed by atoms with Crippen LogP contribution in [-0.2, 0) is 14.3 Å². The van der Waals surface area contributed by atoms with Crippen LogP contribution in [0.5, 0.6) is 0 Å². The molecular weight excluding hydrogens is 266 g/mol. The maximum Gasteiger partial charge on any atom is 0.331 e. The molecule has 0 aliphatic heterocycles. The Balaban J connectivity index is 2.05. The first kappa shape index (κ1) is 15.3. The molecule has 4 heteroatoms. The summed E-state index contributed by atoms with van der Waals surface area (Å²) in [6, 6.07) is 9.58. The number of ether oxygens (including phenoxy) is 1. The summed E-state index contributed by atoms with van der Waals surface area (Å²) in [6.45, 7) is 0. The third-order valence-corrected chi connectivity index (χ3v) is 3.87. The SMILES string of the molecule is COC(=O)C1(NC(=O)/C=C/c2ccccc2)CCCCC1. The topological polar surface area (TPSA) is 55.4 Å². The molecule has 1 saturated carbocycles. The van der Waals surface area contributed by atoms with Crippen molar-refractivity contribution in [3.8, 4) is 0 Å². The Morgan fingerprint density at radius 3 is 2.43 bits per heavy atom. The highest BCUT2D eigenvalue weighted by Crippen LogP contribution is 2.29. The van der Waals surface area contributed by atoms with Gasteiger partial charge in [-0.1, -0.05) is 49.6 Å². The minimum absolute atomic E-state index is 0.258. The van der Waals surface area contributed by atoms with Gasteiger partial charge in [0.1, 0.15) is 5.54 Å². The predicted octanol–water partition coefficient (Wildman–Crippen LogP) is 2.69. The Bertz CT molecular complexity index is 516. The molecule has 0 atom stereocenters. The van der Waals surface area contributed by atoms with E-state index in [2.05, 4.69) is 5.32 Å². The fraction of sp³-hybridized carbons (Fsp3) is 0.412. The third kappa shape index (κ3) is 3.94. The van der Waals surface area contributed by atoms with Crippen LogP contribution in [0.1, 0.15) is 37.7 Å². The van der Waals surface area contributed by atoms with Crippen molar-refractivity contribution in [3.05, 3.63) is 42.0 Å². The van der Waals surface area contributed by atoms with E-state index in [0.29, 0.717) is 12.8 Å². The molecule has 2 rings (SSSR count). The summed E-state index contributed by atoms with van der Waals surface area (Å²) in [6.07, 6.45) is 7.44. The Morgan fingerprint density at radius 2 is 1.81 bits per heavy atom. The second-order valence-corrected chi connectivity index (χ2v) is 5.37. The zero-order valence-electron chi connectivity index (χ0n) is 12.3. The van der Waals surface area contributed by atoms with E-state index in [1.807, 2.05) is 30.3 Å². The van der Waals surface area contributed by atoms with Crippen molar-refractivity contribution in [1.82, 2.24) is 5.32 Å². The highest BCUT2D eigenvalue weighted by atomic mass is 16.5. The van der Waals surface area contributed by atoms with E-state index in [9.17, 15) is 9.59 Å². The monoisotopic (exact) mass is 287 g/mol. The van der Waals surface area contributed by atoms with E-state index in [1.54, 1.807) is 6.08 Å². The van der Waals surface area contributed by atoms with Crippen LogP contribution in [-0.4, -0.2) is 24.5 Å². The smallest absolute Gasteiger partial charge is 0.331 e. The van der Waals surface area contributed by atoms with Gasteiger partial charge in [-0.05, 0) is 24.5 Å². The molecule has 1 aliphatic rings. The molecule has 0 radical (unpaired) electrons. The number of benzene rings is 1. The van der Waals surface area contributed by atoms with Gasteiger partial charge in [0, 0.05) is 6.08 Å². The lowest BCUT2D eigenvalue weighted by Gasteiger charge is -2.34. The standard InChI is InChI=1S/C17H21NO3/c1-21-16(20)17(12-6-3-7-13-17)18-15(19)11-10-14-8-4-2-5-9-14/h2,4-5,8-11H,3,6-7,12-13H2,1H3,(H,18,19)/b11-10+. The minimum Gasteiger partial charge on any atom is -0.467 e. The van der Waals surface area contributed by atoms with E-state index in [1.165, 1.54) is 13.2 Å². The van der Waals surface area contributed by atoms with Crippen LogP contribution in [0.15, 0.2) is 36.4 Å². The van der Waals surface area contributed by atoms with Gasteiger partial charge in [-0.25, -0.2) is 4.79 Å². The van der Waals surface area contributed by atoms with Gasteiger partial charge in [-0.15, -0.1) is 0 Å². The average molecular weight is 287 g/mol. The first-order valence-corrected chi connectivity index (χ1v) is 7.30. The molecule has 0 aromatic heterocycles. The van der Waals surface area contributed by atoms with Gasteiger partial charge in [-0.3, -0.25) is 4.79 Å². The molecule has 0 unspecified atom stereocenters. The zero-order valence-corrected chi connectivity index (χ0v) is 12.3. The largest absolute Gasteiger partial charge is 0.467 e. The molecule has 0 saturated heterocycles. The summed E-state index contributed by atoms with van der Waals surface area (Å²) >= 11 is 0. The Labute approximate surface area is 125 Å². The minimum atomic E-state index is -0.856. The highest BCUT2D eigenvalue weighted by Gasteiger charge is 2.41. The van der Waals surface area contributed by atoms with Crippen molar-refractivity contribution >= 4 is 18.0 Å². The molecule has 112 valence electrons. The molecule has 0 spiro atoms. The molecule has 1 amide bonds. The van der Waals surface area contributed by atoms with Gasteiger partial charge in [0.2, 0.25) is 5.91 Å². The van der Waals surface area contributed by atoms with Gasteiger partial charge in [-0.2, -0.15) is 0 Å². The number of hydrogen-bond acceptors (Lipinski definition) is 3. The van der Waals surface area contributed by atoms with Crippen LogP contribution in [0.25, 0.3) is 6.08 Å². The lowest BCUT2D eigenvalue weighted by molar-refractivity contribution is -0.152. The van der Waals surface area contributed by atoms with Crippen LogP contribution in [0.2, 0.25) is 0 Å². The van der Waals surface area contributed by atoms with Crippen LogP contribution < -0.4 is 5.32 Å². The molecule has 1 aliphatic carbocycles. The fourth-order valence-corrected chi connectivity index (χ4v) is 2.74. The number of nitrogens with one attached hydrogen (secondary N) is 1. The summed E-state index contributed by atoms with van der Waals surface area (Å²) < 4.78 is 4.88. The van der Waals surface area contributed by atoms with Crippen LogP contribution >= 0.6 is 0 Å². The van der Waals surface area contributed by atoms with Crippen molar-refractivity contribution in [2.45, 2.75) is 37.6 Å². The van der Waals surface area contributed by atoms with E-state index in [4.69, 9.17) is 4.74 Å². The van der Waals surface area contributed by atoms with E-state index in [-0.39, 0.29) is 11.9 Å². The maximum atomic E-state index is 12.1. The Hall–Kier alpha value is -2.10. The van der Waals surface area contributed by atoms with Crippen molar-refractivity contribution in [3.63, 3.8) is 0 Å². The predicted molar refractivity (Wildman–Crippen MR) is 81.5 cm³/mol. The molecule has 0 bridgehead atoms.